The van der Waals surface area contributed by atoms with Gasteiger partial charge in [0.25, 0.3) is 0 Å². The van der Waals surface area contributed by atoms with E-state index in [1.165, 1.54) is 33.5 Å². The minimum atomic E-state index is -3.88. The van der Waals surface area contributed by atoms with Crippen LogP contribution >= 0.6 is 0 Å². The highest BCUT2D eigenvalue weighted by Gasteiger charge is 2.26. The Bertz CT molecular complexity index is 1050. The molecule has 0 fully saturated rings. The van der Waals surface area contributed by atoms with Crippen LogP contribution in [0.2, 0.25) is 0 Å². The predicted molar refractivity (Wildman–Crippen MR) is 128 cm³/mol. The zero-order valence-electron chi connectivity index (χ0n) is 19.7. The van der Waals surface area contributed by atoms with Crippen LogP contribution in [0.3, 0.4) is 0 Å². The smallest absolute Gasteiger partial charge is 0.323 e. The molecule has 0 heterocycles. The predicted octanol–water partition coefficient (Wildman–Crippen LogP) is 2.82. The average molecular weight is 494 g/mol. The Balaban J connectivity index is 1.84. The first-order valence-corrected chi connectivity index (χ1v) is 12.1. The summed E-state index contributed by atoms with van der Waals surface area (Å²) in [4.78, 5) is 24.3. The molecule has 2 aromatic carbocycles. The van der Waals surface area contributed by atoms with Gasteiger partial charge in [-0.2, -0.15) is 4.72 Å². The standard InChI is InChI=1S/C23H31N3O7S/c1-16-8-10-20(11-9-16)34(29,30)26-21(22(27)33-4)7-5-6-12-24-23(28)25-17-13-18(31-2)15-19(14-17)32-3/h8-11,13-15,21,26H,5-7,12H2,1-4H3,(H2,24,25,28). The van der Waals surface area contributed by atoms with Gasteiger partial charge in [-0.1, -0.05) is 17.7 Å². The largest absolute Gasteiger partial charge is 0.497 e. The maximum absolute atomic E-state index is 12.6. The summed E-state index contributed by atoms with van der Waals surface area (Å²) in [6.45, 7) is 2.18. The van der Waals surface area contributed by atoms with E-state index < -0.39 is 28.1 Å². The van der Waals surface area contributed by atoms with Gasteiger partial charge in [-0.25, -0.2) is 13.2 Å². The molecule has 2 rings (SSSR count). The van der Waals surface area contributed by atoms with Gasteiger partial charge in [0, 0.05) is 30.4 Å². The third kappa shape index (κ3) is 8.23. The summed E-state index contributed by atoms with van der Waals surface area (Å²) < 4.78 is 42.7. The summed E-state index contributed by atoms with van der Waals surface area (Å²) >= 11 is 0. The quantitative estimate of drug-likeness (QED) is 0.306. The maximum Gasteiger partial charge on any atom is 0.323 e. The summed E-state index contributed by atoms with van der Waals surface area (Å²) in [5, 5.41) is 5.41. The monoisotopic (exact) mass is 493 g/mol. The second kappa shape index (κ2) is 12.8. The van der Waals surface area contributed by atoms with Crippen molar-refractivity contribution in [3.63, 3.8) is 0 Å². The molecule has 3 N–H and O–H groups in total. The van der Waals surface area contributed by atoms with E-state index in [9.17, 15) is 18.0 Å². The zero-order valence-corrected chi connectivity index (χ0v) is 20.5. The Kier molecular flexibility index (Phi) is 10.1. The topological polar surface area (TPSA) is 132 Å². The van der Waals surface area contributed by atoms with Gasteiger partial charge in [-0.05, 0) is 38.3 Å². The van der Waals surface area contributed by atoms with E-state index in [0.717, 1.165) is 5.56 Å². The fourth-order valence-corrected chi connectivity index (χ4v) is 4.29. The van der Waals surface area contributed by atoms with E-state index in [0.29, 0.717) is 36.6 Å². The van der Waals surface area contributed by atoms with Gasteiger partial charge < -0.3 is 24.8 Å². The number of sulfonamides is 1. The molecule has 0 radical (unpaired) electrons. The van der Waals surface area contributed by atoms with E-state index in [2.05, 4.69) is 15.4 Å². The van der Waals surface area contributed by atoms with Crippen molar-refractivity contribution in [2.45, 2.75) is 37.1 Å². The molecule has 0 bridgehead atoms. The number of benzene rings is 2. The molecule has 0 saturated carbocycles. The Morgan fingerprint density at radius 1 is 0.941 bits per heavy atom. The van der Waals surface area contributed by atoms with Crippen molar-refractivity contribution in [3.05, 3.63) is 48.0 Å². The molecule has 11 heteroatoms. The number of methoxy groups -OCH3 is 3. The second-order valence-corrected chi connectivity index (χ2v) is 9.20. The summed E-state index contributed by atoms with van der Waals surface area (Å²) in [6, 6.07) is 9.87. The minimum Gasteiger partial charge on any atom is -0.497 e. The van der Waals surface area contributed by atoms with Crippen LogP contribution in [0.25, 0.3) is 0 Å². The van der Waals surface area contributed by atoms with E-state index in [1.54, 1.807) is 30.3 Å². The third-order valence-electron chi connectivity index (χ3n) is 4.93. The van der Waals surface area contributed by atoms with Crippen molar-refractivity contribution >= 4 is 27.7 Å². The normalized spacial score (nSPS) is 11.9. The average Bonchev–Trinajstić information content (AvgIpc) is 2.82. The number of esters is 1. The van der Waals surface area contributed by atoms with E-state index in [4.69, 9.17) is 14.2 Å². The Labute approximate surface area is 200 Å². The number of hydrogen-bond acceptors (Lipinski definition) is 7. The number of nitrogens with one attached hydrogen (secondary N) is 3. The first kappa shape index (κ1) is 26.9. The molecule has 2 amide bonds. The van der Waals surface area contributed by atoms with Gasteiger partial charge in [0.15, 0.2) is 0 Å². The highest BCUT2D eigenvalue weighted by atomic mass is 32.2. The number of hydrogen-bond donors (Lipinski definition) is 3. The van der Waals surface area contributed by atoms with Crippen LogP contribution in [-0.4, -0.2) is 54.3 Å². The highest BCUT2D eigenvalue weighted by molar-refractivity contribution is 7.89. The van der Waals surface area contributed by atoms with Crippen molar-refractivity contribution in [3.8, 4) is 11.5 Å². The molecule has 0 saturated heterocycles. The summed E-state index contributed by atoms with van der Waals surface area (Å²) in [6.07, 6.45) is 1.21. The van der Waals surface area contributed by atoms with Gasteiger partial charge in [0.1, 0.15) is 17.5 Å². The molecular weight excluding hydrogens is 462 g/mol. The molecule has 0 aliphatic carbocycles. The van der Waals surface area contributed by atoms with Crippen LogP contribution in [0.4, 0.5) is 10.5 Å². The molecule has 1 unspecified atom stereocenters. The van der Waals surface area contributed by atoms with Gasteiger partial charge in [0.05, 0.1) is 26.2 Å². The number of carbonyl (C=O) groups excluding carboxylic acids is 2. The number of carbonyl (C=O) groups is 2. The van der Waals surface area contributed by atoms with Crippen LogP contribution in [-0.2, 0) is 19.6 Å². The molecule has 1 atom stereocenters. The number of rotatable bonds is 12. The van der Waals surface area contributed by atoms with Gasteiger partial charge in [-0.3, -0.25) is 4.79 Å². The zero-order chi connectivity index (χ0) is 25.1. The highest BCUT2D eigenvalue weighted by Crippen LogP contribution is 2.25. The van der Waals surface area contributed by atoms with Gasteiger partial charge in [-0.15, -0.1) is 0 Å². The molecule has 2 aromatic rings. The fourth-order valence-electron chi connectivity index (χ4n) is 3.07. The number of amides is 2. The second-order valence-electron chi connectivity index (χ2n) is 7.49. The van der Waals surface area contributed by atoms with Crippen molar-refractivity contribution in [2.75, 3.05) is 33.2 Å². The van der Waals surface area contributed by atoms with Crippen molar-refractivity contribution in [2.24, 2.45) is 0 Å². The van der Waals surface area contributed by atoms with Crippen LogP contribution in [0.1, 0.15) is 24.8 Å². The van der Waals surface area contributed by atoms with Crippen molar-refractivity contribution in [1.29, 1.82) is 0 Å². The summed E-state index contributed by atoms with van der Waals surface area (Å²) in [7, 11) is 0.349. The first-order chi connectivity index (χ1) is 16.2. The lowest BCUT2D eigenvalue weighted by molar-refractivity contribution is -0.142. The molecule has 186 valence electrons. The number of unbranched alkanes of at least 4 members (excludes halogenated alkanes) is 1. The van der Waals surface area contributed by atoms with Gasteiger partial charge in [0.2, 0.25) is 10.0 Å². The van der Waals surface area contributed by atoms with E-state index >= 15 is 0 Å². The number of ether oxygens (including phenoxy) is 3. The Morgan fingerprint density at radius 3 is 2.12 bits per heavy atom. The van der Waals surface area contributed by atoms with Crippen LogP contribution in [0, 0.1) is 6.92 Å². The number of urea groups is 1. The van der Waals surface area contributed by atoms with Crippen molar-refractivity contribution in [1.82, 2.24) is 10.0 Å². The molecule has 10 nitrogen and oxygen atoms in total. The molecule has 0 aromatic heterocycles. The molecule has 0 aliphatic rings. The lowest BCUT2D eigenvalue weighted by Gasteiger charge is -2.17. The summed E-state index contributed by atoms with van der Waals surface area (Å²) in [5.41, 5.74) is 1.43. The lowest BCUT2D eigenvalue weighted by Crippen LogP contribution is -2.41. The molecule has 0 aliphatic heterocycles. The van der Waals surface area contributed by atoms with E-state index in [-0.39, 0.29) is 11.3 Å². The Morgan fingerprint density at radius 2 is 1.56 bits per heavy atom. The number of aryl methyl sites for hydroxylation is 1. The third-order valence-corrected chi connectivity index (χ3v) is 6.42. The van der Waals surface area contributed by atoms with Gasteiger partial charge >= 0.3 is 12.0 Å². The Hall–Kier alpha value is -3.31. The molecule has 0 spiro atoms. The fraction of sp³-hybridized carbons (Fsp3) is 0.391. The van der Waals surface area contributed by atoms with Crippen LogP contribution < -0.4 is 24.8 Å². The lowest BCUT2D eigenvalue weighted by atomic mass is 10.1. The van der Waals surface area contributed by atoms with Crippen LogP contribution in [0.15, 0.2) is 47.4 Å². The van der Waals surface area contributed by atoms with E-state index in [1.807, 2.05) is 6.92 Å². The summed E-state index contributed by atoms with van der Waals surface area (Å²) in [5.74, 6) is 0.404. The van der Waals surface area contributed by atoms with Crippen LogP contribution in [0.5, 0.6) is 11.5 Å². The molecule has 34 heavy (non-hydrogen) atoms. The minimum absolute atomic E-state index is 0.0690. The van der Waals surface area contributed by atoms with Crippen molar-refractivity contribution < 1.29 is 32.2 Å². The molecular formula is C23H31N3O7S. The number of anilines is 1. The first-order valence-electron chi connectivity index (χ1n) is 10.6. The maximum atomic E-state index is 12.6. The SMILES string of the molecule is COC(=O)C(CCCCNC(=O)Nc1cc(OC)cc(OC)c1)NS(=O)(=O)c1ccc(C)cc1.